The molecule has 0 unspecified atom stereocenters. The molecule has 2 heterocycles. The predicted octanol–water partition coefficient (Wildman–Crippen LogP) is 3.46. The second kappa shape index (κ2) is 5.89. The summed E-state index contributed by atoms with van der Waals surface area (Å²) in [6, 6.07) is 1.90. The van der Waals surface area contributed by atoms with E-state index in [-0.39, 0.29) is 19.4 Å². The predicted molar refractivity (Wildman–Crippen MR) is 67.2 cm³/mol. The molecule has 1 atom stereocenters. The maximum Gasteiger partial charge on any atom is 0.408 e. The minimum absolute atomic E-state index is 0.00903. The Morgan fingerprint density at radius 2 is 2.15 bits per heavy atom. The lowest BCUT2D eigenvalue weighted by Gasteiger charge is -2.36. The second-order valence-electron chi connectivity index (χ2n) is 5.15. The molecule has 0 saturated carbocycles. The van der Waals surface area contributed by atoms with Crippen LogP contribution in [0.5, 0.6) is 0 Å². The van der Waals surface area contributed by atoms with E-state index < -0.39 is 18.1 Å². The normalized spacial score (nSPS) is 20.2. The molecule has 2 rings (SSSR count). The molecule has 1 amide bonds. The van der Waals surface area contributed by atoms with Crippen molar-refractivity contribution in [3.8, 4) is 0 Å². The largest absolute Gasteiger partial charge is 0.466 e. The van der Waals surface area contributed by atoms with Crippen LogP contribution in [0, 0.1) is 6.92 Å². The average molecular weight is 289 g/mol. The first-order chi connectivity index (χ1) is 9.38. The van der Waals surface area contributed by atoms with E-state index in [1.54, 1.807) is 19.1 Å². The SMILES string of the molecule is Cc1ccc(CCC(=O)N2CCCC[C@@H]2C(F)(F)F)o1. The molecule has 20 heavy (non-hydrogen) atoms. The van der Waals surface area contributed by atoms with Crippen LogP contribution in [0.3, 0.4) is 0 Å². The highest BCUT2D eigenvalue weighted by Crippen LogP contribution is 2.32. The third-order valence-electron chi connectivity index (χ3n) is 3.58. The minimum atomic E-state index is -4.34. The fourth-order valence-electron chi connectivity index (χ4n) is 2.56. The van der Waals surface area contributed by atoms with Crippen LogP contribution in [0.25, 0.3) is 0 Å². The molecule has 0 aromatic carbocycles. The highest BCUT2D eigenvalue weighted by atomic mass is 19.4. The van der Waals surface area contributed by atoms with Gasteiger partial charge in [-0.1, -0.05) is 0 Å². The Balaban J connectivity index is 1.96. The summed E-state index contributed by atoms with van der Waals surface area (Å²) in [7, 11) is 0. The van der Waals surface area contributed by atoms with Gasteiger partial charge < -0.3 is 9.32 Å². The Hall–Kier alpha value is -1.46. The second-order valence-corrected chi connectivity index (χ2v) is 5.15. The molecule has 0 N–H and O–H groups in total. The van der Waals surface area contributed by atoms with Gasteiger partial charge in [-0.15, -0.1) is 0 Å². The third kappa shape index (κ3) is 3.55. The van der Waals surface area contributed by atoms with E-state index in [9.17, 15) is 18.0 Å². The quantitative estimate of drug-likeness (QED) is 0.853. The number of amides is 1. The molecule has 0 bridgehead atoms. The lowest BCUT2D eigenvalue weighted by molar-refractivity contribution is -0.195. The number of furan rings is 1. The number of hydrogen-bond donors (Lipinski definition) is 0. The number of nitrogens with zero attached hydrogens (tertiary/aromatic N) is 1. The van der Waals surface area contributed by atoms with Crippen molar-refractivity contribution in [2.24, 2.45) is 0 Å². The van der Waals surface area contributed by atoms with Crippen LogP contribution in [0.4, 0.5) is 13.2 Å². The summed E-state index contributed by atoms with van der Waals surface area (Å²) in [5, 5.41) is 0. The summed E-state index contributed by atoms with van der Waals surface area (Å²) in [5.74, 6) is 0.927. The van der Waals surface area contributed by atoms with Gasteiger partial charge in [-0.25, -0.2) is 0 Å². The standard InChI is InChI=1S/C14H18F3NO2/c1-10-5-6-11(20-10)7-8-13(19)18-9-3-2-4-12(18)14(15,16)17/h5-6,12H,2-4,7-9H2,1H3/t12-/m1/s1. The number of rotatable bonds is 3. The highest BCUT2D eigenvalue weighted by molar-refractivity contribution is 5.77. The zero-order valence-electron chi connectivity index (χ0n) is 11.4. The number of alkyl halides is 3. The minimum Gasteiger partial charge on any atom is -0.466 e. The molecule has 1 aromatic rings. The Bertz CT molecular complexity index is 467. The molecule has 0 radical (unpaired) electrons. The van der Waals surface area contributed by atoms with Crippen LogP contribution >= 0.6 is 0 Å². The van der Waals surface area contributed by atoms with Crippen molar-refractivity contribution in [3.63, 3.8) is 0 Å². The summed E-state index contributed by atoms with van der Waals surface area (Å²) in [6.45, 7) is 1.98. The summed E-state index contributed by atoms with van der Waals surface area (Å²) >= 11 is 0. The molecule has 112 valence electrons. The van der Waals surface area contributed by atoms with E-state index >= 15 is 0 Å². The Morgan fingerprint density at radius 1 is 1.40 bits per heavy atom. The fourth-order valence-corrected chi connectivity index (χ4v) is 2.56. The van der Waals surface area contributed by atoms with E-state index in [1.165, 1.54) is 0 Å². The molecular formula is C14H18F3NO2. The first-order valence-electron chi connectivity index (χ1n) is 6.79. The van der Waals surface area contributed by atoms with Crippen molar-refractivity contribution in [2.45, 2.75) is 51.2 Å². The van der Waals surface area contributed by atoms with Gasteiger partial charge in [0.05, 0.1) is 0 Å². The van der Waals surface area contributed by atoms with Gasteiger partial charge in [0.1, 0.15) is 17.6 Å². The van der Waals surface area contributed by atoms with Crippen molar-refractivity contribution in [1.29, 1.82) is 0 Å². The lowest BCUT2D eigenvalue weighted by Crippen LogP contribution is -2.51. The summed E-state index contributed by atoms with van der Waals surface area (Å²) < 4.78 is 44.0. The van der Waals surface area contributed by atoms with Crippen molar-refractivity contribution in [1.82, 2.24) is 4.90 Å². The number of carbonyl (C=O) groups is 1. The van der Waals surface area contributed by atoms with Gasteiger partial charge in [0, 0.05) is 19.4 Å². The Morgan fingerprint density at radius 3 is 2.75 bits per heavy atom. The number of aryl methyl sites for hydroxylation is 2. The summed E-state index contributed by atoms with van der Waals surface area (Å²) in [6.07, 6.45) is -2.77. The van der Waals surface area contributed by atoms with E-state index in [4.69, 9.17) is 4.42 Å². The number of piperidine rings is 1. The van der Waals surface area contributed by atoms with Crippen LogP contribution in [0.15, 0.2) is 16.5 Å². The smallest absolute Gasteiger partial charge is 0.408 e. The maximum atomic E-state index is 12.9. The maximum absolute atomic E-state index is 12.9. The number of carbonyl (C=O) groups excluding carboxylic acids is 1. The van der Waals surface area contributed by atoms with Crippen LogP contribution in [0.1, 0.15) is 37.2 Å². The van der Waals surface area contributed by atoms with E-state index in [0.29, 0.717) is 25.0 Å². The summed E-state index contributed by atoms with van der Waals surface area (Å²) in [4.78, 5) is 13.0. The van der Waals surface area contributed by atoms with Crippen LogP contribution < -0.4 is 0 Å². The molecule has 1 saturated heterocycles. The van der Waals surface area contributed by atoms with Crippen molar-refractivity contribution < 1.29 is 22.4 Å². The van der Waals surface area contributed by atoms with Gasteiger partial charge in [-0.05, 0) is 38.3 Å². The molecule has 1 fully saturated rings. The fraction of sp³-hybridized carbons (Fsp3) is 0.643. The van der Waals surface area contributed by atoms with Crippen molar-refractivity contribution >= 4 is 5.91 Å². The first-order valence-corrected chi connectivity index (χ1v) is 6.79. The Kier molecular flexibility index (Phi) is 4.40. The van der Waals surface area contributed by atoms with E-state index in [1.807, 2.05) is 0 Å². The van der Waals surface area contributed by atoms with Gasteiger partial charge >= 0.3 is 6.18 Å². The van der Waals surface area contributed by atoms with Gasteiger partial charge in [-0.2, -0.15) is 13.2 Å². The number of likely N-dealkylation sites (tertiary alicyclic amines) is 1. The molecule has 1 aliphatic heterocycles. The lowest BCUT2D eigenvalue weighted by atomic mass is 10.0. The van der Waals surface area contributed by atoms with Crippen molar-refractivity contribution in [2.75, 3.05) is 6.54 Å². The van der Waals surface area contributed by atoms with E-state index in [0.717, 1.165) is 10.7 Å². The first kappa shape index (κ1) is 14.9. The van der Waals surface area contributed by atoms with E-state index in [2.05, 4.69) is 0 Å². The monoisotopic (exact) mass is 289 g/mol. The third-order valence-corrected chi connectivity index (χ3v) is 3.58. The van der Waals surface area contributed by atoms with Crippen molar-refractivity contribution in [3.05, 3.63) is 23.7 Å². The number of hydrogen-bond acceptors (Lipinski definition) is 2. The van der Waals surface area contributed by atoms with Gasteiger partial charge in [0.25, 0.3) is 0 Å². The number of halogens is 3. The molecular weight excluding hydrogens is 271 g/mol. The topological polar surface area (TPSA) is 33.5 Å². The van der Waals surface area contributed by atoms with Crippen LogP contribution in [0.2, 0.25) is 0 Å². The highest BCUT2D eigenvalue weighted by Gasteiger charge is 2.45. The molecule has 0 aliphatic carbocycles. The van der Waals surface area contributed by atoms with Gasteiger partial charge in [-0.3, -0.25) is 4.79 Å². The zero-order valence-corrected chi connectivity index (χ0v) is 11.4. The average Bonchev–Trinajstić information content (AvgIpc) is 2.81. The molecule has 3 nitrogen and oxygen atoms in total. The van der Waals surface area contributed by atoms with Gasteiger partial charge in [0.2, 0.25) is 5.91 Å². The van der Waals surface area contributed by atoms with Crippen LogP contribution in [-0.4, -0.2) is 29.6 Å². The summed E-state index contributed by atoms with van der Waals surface area (Å²) in [5.41, 5.74) is 0. The van der Waals surface area contributed by atoms with Crippen LogP contribution in [-0.2, 0) is 11.2 Å². The zero-order chi connectivity index (χ0) is 14.8. The molecule has 1 aromatic heterocycles. The molecule has 1 aliphatic rings. The Labute approximate surface area is 115 Å². The molecule has 0 spiro atoms. The molecule has 6 heteroatoms. The van der Waals surface area contributed by atoms with Gasteiger partial charge in [0.15, 0.2) is 0 Å².